The highest BCUT2D eigenvalue weighted by Crippen LogP contribution is 1.95. The summed E-state index contributed by atoms with van der Waals surface area (Å²) < 4.78 is 1.31. The minimum atomic E-state index is -0.685. The van der Waals surface area contributed by atoms with Gasteiger partial charge in [0.1, 0.15) is 6.54 Å². The number of hydrogen-bond donors (Lipinski definition) is 3. The van der Waals surface area contributed by atoms with Crippen LogP contribution in [-0.2, 0) is 11.3 Å². The molecule has 13 heavy (non-hydrogen) atoms. The first-order valence-electron chi connectivity index (χ1n) is 3.45. The van der Waals surface area contributed by atoms with E-state index in [-0.39, 0.29) is 12.4 Å². The number of primary amides is 1. The molecule has 0 aromatic carbocycles. The molecule has 1 aromatic heterocycles. The maximum absolute atomic E-state index is 10.8. The number of rotatable bonds is 3. The van der Waals surface area contributed by atoms with Gasteiger partial charge in [0, 0.05) is 12.4 Å². The number of hydrazine groups is 1. The molecular weight excluding hydrogens is 174 g/mol. The van der Waals surface area contributed by atoms with E-state index in [1.54, 1.807) is 0 Å². The standard InChI is InChI=1S/C6H9N5O2/c7-5(13)6-9-1-2-11(6)3-4(12)10-8/h1-2H,3,8H2,(H2,7,13)(H,10,12). The summed E-state index contributed by atoms with van der Waals surface area (Å²) in [5.41, 5.74) is 6.92. The van der Waals surface area contributed by atoms with E-state index in [1.807, 2.05) is 5.43 Å². The van der Waals surface area contributed by atoms with Gasteiger partial charge in [-0.1, -0.05) is 0 Å². The quantitative estimate of drug-likeness (QED) is 0.284. The van der Waals surface area contributed by atoms with Crippen LogP contribution in [0.4, 0.5) is 0 Å². The summed E-state index contributed by atoms with van der Waals surface area (Å²) in [6.45, 7) is -0.0746. The number of carbonyl (C=O) groups excluding carboxylic acids is 2. The molecule has 0 atom stereocenters. The fourth-order valence-corrected chi connectivity index (χ4v) is 0.862. The van der Waals surface area contributed by atoms with Gasteiger partial charge in [-0.15, -0.1) is 0 Å². The van der Waals surface area contributed by atoms with Gasteiger partial charge in [0.25, 0.3) is 11.8 Å². The van der Waals surface area contributed by atoms with Gasteiger partial charge < -0.3 is 10.3 Å². The molecule has 1 heterocycles. The topological polar surface area (TPSA) is 116 Å². The van der Waals surface area contributed by atoms with Gasteiger partial charge in [-0.05, 0) is 0 Å². The highest BCUT2D eigenvalue weighted by molar-refractivity contribution is 5.89. The second kappa shape index (κ2) is 3.68. The van der Waals surface area contributed by atoms with Crippen molar-refractivity contribution in [1.82, 2.24) is 15.0 Å². The molecule has 7 nitrogen and oxygen atoms in total. The molecule has 1 aromatic rings. The van der Waals surface area contributed by atoms with E-state index < -0.39 is 11.8 Å². The van der Waals surface area contributed by atoms with E-state index in [0.29, 0.717) is 0 Å². The van der Waals surface area contributed by atoms with Gasteiger partial charge in [-0.3, -0.25) is 15.0 Å². The lowest BCUT2D eigenvalue weighted by molar-refractivity contribution is -0.121. The second-order valence-corrected chi connectivity index (χ2v) is 2.31. The van der Waals surface area contributed by atoms with Crippen LogP contribution in [0.25, 0.3) is 0 Å². The third-order valence-electron chi connectivity index (χ3n) is 1.41. The predicted octanol–water partition coefficient (Wildman–Crippen LogP) is -2.03. The Morgan fingerprint density at radius 2 is 2.31 bits per heavy atom. The maximum Gasteiger partial charge on any atom is 0.284 e. The SMILES string of the molecule is NNC(=O)Cn1ccnc1C(N)=O. The number of amides is 2. The van der Waals surface area contributed by atoms with Gasteiger partial charge >= 0.3 is 0 Å². The molecule has 70 valence electrons. The number of aromatic nitrogens is 2. The van der Waals surface area contributed by atoms with Gasteiger partial charge in [0.05, 0.1) is 0 Å². The van der Waals surface area contributed by atoms with Gasteiger partial charge in [0.15, 0.2) is 5.82 Å². The summed E-state index contributed by atoms with van der Waals surface area (Å²) in [6, 6.07) is 0. The van der Waals surface area contributed by atoms with Crippen LogP contribution in [-0.4, -0.2) is 21.4 Å². The van der Waals surface area contributed by atoms with E-state index in [0.717, 1.165) is 0 Å². The molecule has 2 amide bonds. The lowest BCUT2D eigenvalue weighted by Gasteiger charge is -2.02. The predicted molar refractivity (Wildman–Crippen MR) is 43.1 cm³/mol. The van der Waals surface area contributed by atoms with E-state index in [9.17, 15) is 9.59 Å². The highest BCUT2D eigenvalue weighted by Gasteiger charge is 2.10. The van der Waals surface area contributed by atoms with Crippen molar-refractivity contribution in [1.29, 1.82) is 0 Å². The van der Waals surface area contributed by atoms with E-state index in [1.165, 1.54) is 17.0 Å². The Bertz CT molecular complexity index is 332. The van der Waals surface area contributed by atoms with Crippen molar-refractivity contribution in [3.63, 3.8) is 0 Å². The molecule has 5 N–H and O–H groups in total. The zero-order valence-electron chi connectivity index (χ0n) is 6.73. The monoisotopic (exact) mass is 183 g/mol. The molecule has 0 spiro atoms. The lowest BCUT2D eigenvalue weighted by atomic mass is 10.5. The number of imidazole rings is 1. The average molecular weight is 183 g/mol. The van der Waals surface area contributed by atoms with Crippen molar-refractivity contribution in [2.45, 2.75) is 6.54 Å². The Kier molecular flexibility index (Phi) is 2.60. The molecule has 0 saturated carbocycles. The van der Waals surface area contributed by atoms with Crippen molar-refractivity contribution in [3.8, 4) is 0 Å². The van der Waals surface area contributed by atoms with Crippen molar-refractivity contribution in [2.24, 2.45) is 11.6 Å². The van der Waals surface area contributed by atoms with Crippen LogP contribution in [0, 0.1) is 0 Å². The van der Waals surface area contributed by atoms with E-state index in [4.69, 9.17) is 11.6 Å². The van der Waals surface area contributed by atoms with Crippen LogP contribution in [0.3, 0.4) is 0 Å². The summed E-state index contributed by atoms with van der Waals surface area (Å²) in [5, 5.41) is 0. The summed E-state index contributed by atoms with van der Waals surface area (Å²) in [4.78, 5) is 25.2. The van der Waals surface area contributed by atoms with Crippen molar-refractivity contribution in [2.75, 3.05) is 0 Å². The fraction of sp³-hybridized carbons (Fsp3) is 0.167. The molecule has 1 rings (SSSR count). The molecule has 0 saturated heterocycles. The molecule has 0 unspecified atom stereocenters. The fourth-order valence-electron chi connectivity index (χ4n) is 0.862. The molecule has 0 aliphatic heterocycles. The summed E-state index contributed by atoms with van der Waals surface area (Å²) in [6.07, 6.45) is 2.85. The number of nitrogens with one attached hydrogen (secondary N) is 1. The van der Waals surface area contributed by atoms with Crippen LogP contribution in [0.2, 0.25) is 0 Å². The Balaban J connectivity index is 2.82. The van der Waals surface area contributed by atoms with Crippen LogP contribution in [0.1, 0.15) is 10.6 Å². The molecule has 0 bridgehead atoms. The number of nitrogens with two attached hydrogens (primary N) is 2. The Hall–Kier alpha value is -1.89. The molecule has 0 aliphatic carbocycles. The Labute approximate surface area is 73.7 Å². The van der Waals surface area contributed by atoms with Gasteiger partial charge in [-0.2, -0.15) is 0 Å². The smallest absolute Gasteiger partial charge is 0.284 e. The van der Waals surface area contributed by atoms with Crippen LogP contribution >= 0.6 is 0 Å². The Morgan fingerprint density at radius 3 is 2.85 bits per heavy atom. The van der Waals surface area contributed by atoms with Crippen molar-refractivity contribution >= 4 is 11.8 Å². The molecule has 7 heteroatoms. The van der Waals surface area contributed by atoms with Gasteiger partial charge in [-0.25, -0.2) is 10.8 Å². The van der Waals surface area contributed by atoms with E-state index in [2.05, 4.69) is 4.98 Å². The first-order chi connectivity index (χ1) is 6.15. The zero-order chi connectivity index (χ0) is 9.84. The molecular formula is C6H9N5O2. The number of nitrogens with zero attached hydrogens (tertiary/aromatic N) is 2. The maximum atomic E-state index is 10.8. The van der Waals surface area contributed by atoms with Crippen LogP contribution in [0.15, 0.2) is 12.4 Å². The van der Waals surface area contributed by atoms with E-state index >= 15 is 0 Å². The Morgan fingerprint density at radius 1 is 1.62 bits per heavy atom. The third-order valence-corrected chi connectivity index (χ3v) is 1.41. The third kappa shape index (κ3) is 2.03. The summed E-state index contributed by atoms with van der Waals surface area (Å²) in [7, 11) is 0. The summed E-state index contributed by atoms with van der Waals surface area (Å²) >= 11 is 0. The minimum absolute atomic E-state index is 0.0311. The van der Waals surface area contributed by atoms with Crippen molar-refractivity contribution < 1.29 is 9.59 Å². The molecule has 0 radical (unpaired) electrons. The minimum Gasteiger partial charge on any atom is -0.363 e. The normalized spacial score (nSPS) is 9.62. The first-order valence-corrected chi connectivity index (χ1v) is 3.45. The molecule has 0 fully saturated rings. The largest absolute Gasteiger partial charge is 0.363 e. The first kappa shape index (κ1) is 9.20. The zero-order valence-corrected chi connectivity index (χ0v) is 6.73. The second-order valence-electron chi connectivity index (χ2n) is 2.31. The average Bonchev–Trinajstić information content (AvgIpc) is 2.52. The van der Waals surface area contributed by atoms with Gasteiger partial charge in [0.2, 0.25) is 0 Å². The van der Waals surface area contributed by atoms with Crippen LogP contribution < -0.4 is 17.0 Å². The lowest BCUT2D eigenvalue weighted by Crippen LogP contribution is -2.34. The highest BCUT2D eigenvalue weighted by atomic mass is 16.2. The number of hydrogen-bond acceptors (Lipinski definition) is 4. The van der Waals surface area contributed by atoms with Crippen LogP contribution in [0.5, 0.6) is 0 Å². The van der Waals surface area contributed by atoms with Crippen molar-refractivity contribution in [3.05, 3.63) is 18.2 Å². The number of carbonyl (C=O) groups is 2. The summed E-state index contributed by atoms with van der Waals surface area (Å²) in [5.74, 6) is 3.78. The molecule has 0 aliphatic rings.